The van der Waals surface area contributed by atoms with E-state index in [1.54, 1.807) is 7.11 Å². The molecule has 0 saturated carbocycles. The van der Waals surface area contributed by atoms with E-state index in [0.29, 0.717) is 6.42 Å². The average Bonchev–Trinajstić information content (AvgIpc) is 2.84. The van der Waals surface area contributed by atoms with E-state index in [4.69, 9.17) is 10.5 Å². The summed E-state index contributed by atoms with van der Waals surface area (Å²) in [4.78, 5) is 17.0. The molecule has 3 rings (SSSR count). The predicted octanol–water partition coefficient (Wildman–Crippen LogP) is 2.34. The van der Waals surface area contributed by atoms with Crippen LogP contribution in [-0.4, -0.2) is 19.0 Å². The number of methoxy groups -OCH3 is 1. The van der Waals surface area contributed by atoms with Crippen molar-refractivity contribution in [1.29, 1.82) is 0 Å². The number of benzene rings is 2. The maximum Gasteiger partial charge on any atom is 0.259 e. The predicted molar refractivity (Wildman–Crippen MR) is 92.3 cm³/mol. The number of nitrogens with zero attached hydrogens (tertiary/aromatic N) is 1. The summed E-state index contributed by atoms with van der Waals surface area (Å²) in [7, 11) is 1.60. The third kappa shape index (κ3) is 2.94. The molecule has 0 bridgehead atoms. The number of nitrogens with one attached hydrogen (secondary N) is 1. The molecular weight excluding hydrogens is 358 g/mol. The quantitative estimate of drug-likeness (QED) is 0.863. The molecule has 1 atom stereocenters. The number of aliphatic imine (C=N–C) groups is 1. The van der Waals surface area contributed by atoms with Crippen molar-refractivity contribution in [3.8, 4) is 5.75 Å². The Labute approximate surface area is 142 Å². The van der Waals surface area contributed by atoms with Gasteiger partial charge in [0, 0.05) is 10.9 Å². The fourth-order valence-electron chi connectivity index (χ4n) is 2.69. The van der Waals surface area contributed by atoms with Crippen LogP contribution in [0.1, 0.15) is 11.1 Å². The van der Waals surface area contributed by atoms with Gasteiger partial charge in [0.05, 0.1) is 7.11 Å². The van der Waals surface area contributed by atoms with Crippen molar-refractivity contribution in [1.82, 2.24) is 5.32 Å². The van der Waals surface area contributed by atoms with Crippen LogP contribution >= 0.6 is 15.9 Å². The molecule has 1 heterocycles. The van der Waals surface area contributed by atoms with E-state index in [9.17, 15) is 4.79 Å². The number of hydrogen-bond acceptors (Lipinski definition) is 4. The van der Waals surface area contributed by atoms with E-state index in [0.717, 1.165) is 21.3 Å². The van der Waals surface area contributed by atoms with Gasteiger partial charge in [0.15, 0.2) is 11.5 Å². The molecule has 23 heavy (non-hydrogen) atoms. The summed E-state index contributed by atoms with van der Waals surface area (Å²) in [5.41, 5.74) is 6.48. The molecule has 0 aromatic heterocycles. The Morgan fingerprint density at radius 1 is 1.17 bits per heavy atom. The Morgan fingerprint density at radius 2 is 1.83 bits per heavy atom. The second kappa shape index (κ2) is 6.04. The van der Waals surface area contributed by atoms with E-state index in [2.05, 4.69) is 26.2 Å². The number of carbonyl (C=O) groups is 1. The average molecular weight is 374 g/mol. The van der Waals surface area contributed by atoms with Crippen molar-refractivity contribution in [2.75, 3.05) is 7.11 Å². The summed E-state index contributed by atoms with van der Waals surface area (Å²) >= 11 is 3.41. The molecule has 3 N–H and O–H groups in total. The number of hydrogen-bond donors (Lipinski definition) is 2. The first kappa shape index (κ1) is 15.6. The number of guanidine groups is 1. The first-order valence-corrected chi connectivity index (χ1v) is 7.88. The lowest BCUT2D eigenvalue weighted by Crippen LogP contribution is -2.40. The van der Waals surface area contributed by atoms with Crippen molar-refractivity contribution >= 4 is 27.8 Å². The monoisotopic (exact) mass is 373 g/mol. The van der Waals surface area contributed by atoms with Gasteiger partial charge in [-0.3, -0.25) is 10.1 Å². The molecule has 0 unspecified atom stereocenters. The highest BCUT2D eigenvalue weighted by Crippen LogP contribution is 2.34. The zero-order valence-electron chi connectivity index (χ0n) is 12.5. The smallest absolute Gasteiger partial charge is 0.259 e. The third-order valence-electron chi connectivity index (χ3n) is 3.87. The maximum absolute atomic E-state index is 12.6. The normalized spacial score (nSPS) is 20.1. The lowest BCUT2D eigenvalue weighted by atomic mass is 9.84. The summed E-state index contributed by atoms with van der Waals surface area (Å²) in [5, 5.41) is 2.61. The minimum absolute atomic E-state index is 0.142. The molecule has 0 aliphatic carbocycles. The molecule has 1 amide bonds. The van der Waals surface area contributed by atoms with E-state index in [-0.39, 0.29) is 11.9 Å². The number of ether oxygens (including phenoxy) is 1. The first-order valence-electron chi connectivity index (χ1n) is 7.09. The Balaban J connectivity index is 2.04. The van der Waals surface area contributed by atoms with Crippen LogP contribution < -0.4 is 15.8 Å². The largest absolute Gasteiger partial charge is 0.497 e. The molecule has 1 aliphatic rings. The molecule has 6 heteroatoms. The minimum atomic E-state index is -1.05. The fraction of sp³-hybridized carbons (Fsp3) is 0.176. The highest BCUT2D eigenvalue weighted by atomic mass is 79.9. The zero-order chi connectivity index (χ0) is 16.4. The van der Waals surface area contributed by atoms with Crippen molar-refractivity contribution in [2.45, 2.75) is 12.0 Å². The van der Waals surface area contributed by atoms with E-state index in [1.165, 1.54) is 0 Å². The summed E-state index contributed by atoms with van der Waals surface area (Å²) < 4.78 is 6.16. The van der Waals surface area contributed by atoms with Crippen molar-refractivity contribution in [2.24, 2.45) is 10.7 Å². The number of rotatable bonds is 4. The van der Waals surface area contributed by atoms with Crippen LogP contribution in [-0.2, 0) is 16.8 Å². The van der Waals surface area contributed by atoms with Crippen LogP contribution in [0.5, 0.6) is 5.75 Å². The summed E-state index contributed by atoms with van der Waals surface area (Å²) in [5.74, 6) is 0.647. The topological polar surface area (TPSA) is 76.7 Å². The van der Waals surface area contributed by atoms with Crippen LogP contribution in [0.4, 0.5) is 0 Å². The standard InChI is InChI=1S/C17H16BrN3O2/c1-23-14-8-4-12(5-9-14)17(15(22)20-16(19)21-17)10-11-2-6-13(18)7-3-11/h2-9H,10H2,1H3,(H3,19,20,21,22)/t17-/m0/s1. The van der Waals surface area contributed by atoms with Crippen LogP contribution in [0.15, 0.2) is 58.0 Å². The lowest BCUT2D eigenvalue weighted by Gasteiger charge is -2.24. The molecule has 0 saturated heterocycles. The molecule has 2 aromatic carbocycles. The molecule has 118 valence electrons. The second-order valence-electron chi connectivity index (χ2n) is 5.34. The Morgan fingerprint density at radius 3 is 2.35 bits per heavy atom. The summed E-state index contributed by atoms with van der Waals surface area (Å²) in [6.45, 7) is 0. The van der Waals surface area contributed by atoms with Gasteiger partial charge >= 0.3 is 0 Å². The van der Waals surface area contributed by atoms with Crippen molar-refractivity contribution in [3.63, 3.8) is 0 Å². The van der Waals surface area contributed by atoms with Gasteiger partial charge in [-0.15, -0.1) is 0 Å². The Kier molecular flexibility index (Phi) is 4.09. The molecule has 0 spiro atoms. The molecule has 1 aliphatic heterocycles. The second-order valence-corrected chi connectivity index (χ2v) is 6.26. The number of halogens is 1. The fourth-order valence-corrected chi connectivity index (χ4v) is 2.95. The Bertz CT molecular complexity index is 756. The van der Waals surface area contributed by atoms with Gasteiger partial charge in [-0.1, -0.05) is 40.2 Å². The van der Waals surface area contributed by atoms with Gasteiger partial charge < -0.3 is 10.5 Å². The van der Waals surface area contributed by atoms with Gasteiger partial charge in [-0.25, -0.2) is 4.99 Å². The lowest BCUT2D eigenvalue weighted by molar-refractivity contribution is -0.124. The van der Waals surface area contributed by atoms with Crippen LogP contribution in [0.3, 0.4) is 0 Å². The summed E-state index contributed by atoms with van der Waals surface area (Å²) in [6.07, 6.45) is 0.430. The molecule has 5 nitrogen and oxygen atoms in total. The van der Waals surface area contributed by atoms with Gasteiger partial charge in [0.2, 0.25) is 0 Å². The number of nitrogens with two attached hydrogens (primary N) is 1. The first-order chi connectivity index (χ1) is 11.0. The maximum atomic E-state index is 12.6. The van der Waals surface area contributed by atoms with Crippen LogP contribution in [0.25, 0.3) is 0 Å². The molecular formula is C17H16BrN3O2. The molecule has 0 radical (unpaired) electrons. The summed E-state index contributed by atoms with van der Waals surface area (Å²) in [6, 6.07) is 15.1. The number of carbonyl (C=O) groups excluding carboxylic acids is 1. The Hall–Kier alpha value is -2.34. The highest BCUT2D eigenvalue weighted by molar-refractivity contribution is 9.10. The molecule has 0 fully saturated rings. The van der Waals surface area contributed by atoms with E-state index in [1.807, 2.05) is 48.5 Å². The van der Waals surface area contributed by atoms with Crippen LogP contribution in [0.2, 0.25) is 0 Å². The van der Waals surface area contributed by atoms with E-state index < -0.39 is 5.54 Å². The van der Waals surface area contributed by atoms with Crippen molar-refractivity contribution < 1.29 is 9.53 Å². The van der Waals surface area contributed by atoms with Gasteiger partial charge in [0.1, 0.15) is 5.75 Å². The van der Waals surface area contributed by atoms with Crippen LogP contribution in [0, 0.1) is 0 Å². The third-order valence-corrected chi connectivity index (χ3v) is 4.40. The van der Waals surface area contributed by atoms with Gasteiger partial charge in [-0.2, -0.15) is 0 Å². The highest BCUT2D eigenvalue weighted by Gasteiger charge is 2.44. The van der Waals surface area contributed by atoms with Crippen molar-refractivity contribution in [3.05, 3.63) is 64.1 Å². The van der Waals surface area contributed by atoms with Gasteiger partial charge in [-0.05, 0) is 35.4 Å². The SMILES string of the molecule is COc1ccc([C@]2(Cc3ccc(Br)cc3)N=C(N)NC2=O)cc1. The minimum Gasteiger partial charge on any atom is -0.497 e. The zero-order valence-corrected chi connectivity index (χ0v) is 14.1. The van der Waals surface area contributed by atoms with Gasteiger partial charge in [0.25, 0.3) is 5.91 Å². The number of amides is 1. The van der Waals surface area contributed by atoms with E-state index >= 15 is 0 Å². The molecule has 2 aromatic rings.